The van der Waals surface area contributed by atoms with Crippen molar-refractivity contribution >= 4 is 23.3 Å². The molecular formula is C20H23N3O2. The number of benzene rings is 2. The van der Waals surface area contributed by atoms with Gasteiger partial charge in [-0.1, -0.05) is 42.0 Å². The molecule has 0 atom stereocenters. The smallest absolute Gasteiger partial charge is 0.321 e. The second-order valence-electron chi connectivity index (χ2n) is 6.38. The maximum atomic E-state index is 12.3. The summed E-state index contributed by atoms with van der Waals surface area (Å²) in [4.78, 5) is 26.4. The summed E-state index contributed by atoms with van der Waals surface area (Å²) in [7, 11) is 0. The van der Waals surface area contributed by atoms with Crippen LogP contribution in [0, 0.1) is 6.92 Å². The topological polar surface area (TPSA) is 61.4 Å². The standard InChI is InChI=1S/C20H23N3O2/c1-15-8-10-16(11-9-15)14-19(24)21-17-6-2-3-7-18(17)22-20(25)23-12-4-5-13-23/h2-3,6-11H,4-5,12-14H2,1H3,(H,21,24)(H,22,25). The molecule has 0 radical (unpaired) electrons. The molecule has 0 aliphatic carbocycles. The number of carbonyl (C=O) groups excluding carboxylic acids is 2. The highest BCUT2D eigenvalue weighted by Crippen LogP contribution is 2.22. The second kappa shape index (κ2) is 7.83. The van der Waals surface area contributed by atoms with Crippen LogP contribution >= 0.6 is 0 Å². The van der Waals surface area contributed by atoms with Crippen molar-refractivity contribution in [2.75, 3.05) is 23.7 Å². The quantitative estimate of drug-likeness (QED) is 0.891. The minimum atomic E-state index is -0.113. The third-order valence-corrected chi connectivity index (χ3v) is 4.32. The highest BCUT2D eigenvalue weighted by Gasteiger charge is 2.19. The molecule has 2 aromatic carbocycles. The van der Waals surface area contributed by atoms with Crippen molar-refractivity contribution in [1.82, 2.24) is 4.90 Å². The number of hydrogen-bond acceptors (Lipinski definition) is 2. The zero-order valence-electron chi connectivity index (χ0n) is 14.4. The molecule has 25 heavy (non-hydrogen) atoms. The van der Waals surface area contributed by atoms with Crippen LogP contribution in [0.4, 0.5) is 16.2 Å². The molecule has 1 saturated heterocycles. The lowest BCUT2D eigenvalue weighted by Gasteiger charge is -2.18. The van der Waals surface area contributed by atoms with E-state index < -0.39 is 0 Å². The molecule has 0 saturated carbocycles. The summed E-state index contributed by atoms with van der Waals surface area (Å²) in [6.07, 6.45) is 2.39. The zero-order chi connectivity index (χ0) is 17.6. The Balaban J connectivity index is 1.64. The predicted octanol–water partition coefficient (Wildman–Crippen LogP) is 3.80. The van der Waals surface area contributed by atoms with E-state index in [1.54, 1.807) is 17.0 Å². The average Bonchev–Trinajstić information content (AvgIpc) is 3.13. The second-order valence-corrected chi connectivity index (χ2v) is 6.38. The molecule has 0 aromatic heterocycles. The fourth-order valence-corrected chi connectivity index (χ4v) is 2.90. The predicted molar refractivity (Wildman–Crippen MR) is 99.8 cm³/mol. The largest absolute Gasteiger partial charge is 0.325 e. The van der Waals surface area contributed by atoms with E-state index in [0.29, 0.717) is 17.8 Å². The third kappa shape index (κ3) is 4.59. The summed E-state index contributed by atoms with van der Waals surface area (Å²) in [5.74, 6) is -0.105. The first-order valence-corrected chi connectivity index (χ1v) is 8.62. The van der Waals surface area contributed by atoms with Crippen LogP contribution in [0.2, 0.25) is 0 Å². The first-order valence-electron chi connectivity index (χ1n) is 8.62. The number of carbonyl (C=O) groups is 2. The van der Waals surface area contributed by atoms with Crippen LogP contribution < -0.4 is 10.6 Å². The molecule has 0 unspecified atom stereocenters. The summed E-state index contributed by atoms with van der Waals surface area (Å²) in [5, 5.41) is 5.80. The summed E-state index contributed by atoms with van der Waals surface area (Å²) in [5.41, 5.74) is 3.37. The number of urea groups is 1. The van der Waals surface area contributed by atoms with Gasteiger partial charge in [0.25, 0.3) is 0 Å². The zero-order valence-corrected chi connectivity index (χ0v) is 14.4. The summed E-state index contributed by atoms with van der Waals surface area (Å²) < 4.78 is 0. The lowest BCUT2D eigenvalue weighted by molar-refractivity contribution is -0.115. The van der Waals surface area contributed by atoms with E-state index in [-0.39, 0.29) is 11.9 Å². The summed E-state index contributed by atoms with van der Waals surface area (Å²) in [6.45, 7) is 3.59. The van der Waals surface area contributed by atoms with Crippen molar-refractivity contribution in [3.63, 3.8) is 0 Å². The molecule has 1 fully saturated rings. The maximum Gasteiger partial charge on any atom is 0.321 e. The number of anilines is 2. The van der Waals surface area contributed by atoms with Crippen LogP contribution in [0.3, 0.4) is 0 Å². The number of amides is 3. The Morgan fingerprint density at radius 3 is 2.16 bits per heavy atom. The molecule has 1 heterocycles. The number of nitrogens with zero attached hydrogens (tertiary/aromatic N) is 1. The van der Waals surface area contributed by atoms with Crippen LogP contribution in [-0.2, 0) is 11.2 Å². The van der Waals surface area contributed by atoms with Crippen molar-refractivity contribution < 1.29 is 9.59 Å². The van der Waals surface area contributed by atoms with Gasteiger partial charge >= 0.3 is 6.03 Å². The molecule has 2 N–H and O–H groups in total. The van der Waals surface area contributed by atoms with Gasteiger partial charge in [0.05, 0.1) is 17.8 Å². The average molecular weight is 337 g/mol. The van der Waals surface area contributed by atoms with E-state index in [2.05, 4.69) is 10.6 Å². The van der Waals surface area contributed by atoms with Crippen LogP contribution in [0.15, 0.2) is 48.5 Å². The van der Waals surface area contributed by atoms with Crippen molar-refractivity contribution in [2.24, 2.45) is 0 Å². The van der Waals surface area contributed by atoms with E-state index in [9.17, 15) is 9.59 Å². The van der Waals surface area contributed by atoms with Crippen molar-refractivity contribution in [3.05, 3.63) is 59.7 Å². The van der Waals surface area contributed by atoms with Crippen LogP contribution in [0.5, 0.6) is 0 Å². The van der Waals surface area contributed by atoms with Gasteiger partial charge in [-0.05, 0) is 37.5 Å². The number of likely N-dealkylation sites (tertiary alicyclic amines) is 1. The normalized spacial score (nSPS) is 13.6. The number of para-hydroxylation sites is 2. The van der Waals surface area contributed by atoms with Crippen LogP contribution in [0.25, 0.3) is 0 Å². The Bertz CT molecular complexity index is 750. The minimum Gasteiger partial charge on any atom is -0.325 e. The Morgan fingerprint density at radius 1 is 0.920 bits per heavy atom. The number of aryl methyl sites for hydroxylation is 1. The first-order chi connectivity index (χ1) is 12.1. The van der Waals surface area contributed by atoms with Gasteiger partial charge in [0, 0.05) is 13.1 Å². The van der Waals surface area contributed by atoms with Crippen molar-refractivity contribution in [2.45, 2.75) is 26.2 Å². The van der Waals surface area contributed by atoms with Crippen LogP contribution in [-0.4, -0.2) is 29.9 Å². The van der Waals surface area contributed by atoms with E-state index in [1.165, 1.54) is 5.56 Å². The molecule has 5 nitrogen and oxygen atoms in total. The minimum absolute atomic E-state index is 0.105. The van der Waals surface area contributed by atoms with E-state index in [1.807, 2.05) is 43.3 Å². The molecule has 3 rings (SSSR count). The fraction of sp³-hybridized carbons (Fsp3) is 0.300. The maximum absolute atomic E-state index is 12.3. The van der Waals surface area contributed by atoms with Gasteiger partial charge in [0.15, 0.2) is 0 Å². The number of nitrogens with one attached hydrogen (secondary N) is 2. The number of rotatable bonds is 4. The summed E-state index contributed by atoms with van der Waals surface area (Å²) >= 11 is 0. The fourth-order valence-electron chi connectivity index (χ4n) is 2.90. The highest BCUT2D eigenvalue weighted by molar-refractivity contribution is 5.99. The molecule has 5 heteroatoms. The molecular weight excluding hydrogens is 314 g/mol. The van der Waals surface area contributed by atoms with Gasteiger partial charge in [-0.25, -0.2) is 4.79 Å². The van der Waals surface area contributed by atoms with Crippen molar-refractivity contribution in [3.8, 4) is 0 Å². The van der Waals surface area contributed by atoms with Gasteiger partial charge in [-0.2, -0.15) is 0 Å². The van der Waals surface area contributed by atoms with Gasteiger partial charge in [-0.3, -0.25) is 4.79 Å². The third-order valence-electron chi connectivity index (χ3n) is 4.32. The Morgan fingerprint density at radius 2 is 1.52 bits per heavy atom. The highest BCUT2D eigenvalue weighted by atomic mass is 16.2. The molecule has 1 aliphatic rings. The molecule has 2 aromatic rings. The molecule has 1 aliphatic heterocycles. The monoisotopic (exact) mass is 337 g/mol. The van der Waals surface area contributed by atoms with Gasteiger partial charge in [0.2, 0.25) is 5.91 Å². The molecule has 0 spiro atoms. The SMILES string of the molecule is Cc1ccc(CC(=O)Nc2ccccc2NC(=O)N2CCCC2)cc1. The Hall–Kier alpha value is -2.82. The molecule has 130 valence electrons. The molecule has 0 bridgehead atoms. The van der Waals surface area contributed by atoms with Crippen molar-refractivity contribution in [1.29, 1.82) is 0 Å². The summed E-state index contributed by atoms with van der Waals surface area (Å²) in [6, 6.07) is 15.1. The van der Waals surface area contributed by atoms with E-state index in [0.717, 1.165) is 31.5 Å². The van der Waals surface area contributed by atoms with Gasteiger partial charge < -0.3 is 15.5 Å². The van der Waals surface area contributed by atoms with E-state index in [4.69, 9.17) is 0 Å². The van der Waals surface area contributed by atoms with Gasteiger partial charge in [0.1, 0.15) is 0 Å². The Labute approximate surface area is 148 Å². The Kier molecular flexibility index (Phi) is 5.33. The number of hydrogen-bond donors (Lipinski definition) is 2. The molecule has 3 amide bonds. The van der Waals surface area contributed by atoms with E-state index >= 15 is 0 Å². The van der Waals surface area contributed by atoms with Crippen LogP contribution in [0.1, 0.15) is 24.0 Å². The first kappa shape index (κ1) is 17.0. The van der Waals surface area contributed by atoms with Gasteiger partial charge in [-0.15, -0.1) is 0 Å². The lowest BCUT2D eigenvalue weighted by atomic mass is 10.1. The lowest BCUT2D eigenvalue weighted by Crippen LogP contribution is -2.32.